The molecule has 2 nitrogen and oxygen atoms in total. The van der Waals surface area contributed by atoms with Crippen LogP contribution in [0.15, 0.2) is 212 Å². The first kappa shape index (κ1) is 35.5. The van der Waals surface area contributed by atoms with E-state index in [1.807, 2.05) is 6.92 Å². The van der Waals surface area contributed by atoms with Crippen molar-refractivity contribution in [2.75, 3.05) is 4.90 Å². The van der Waals surface area contributed by atoms with Crippen LogP contribution in [0.3, 0.4) is 0 Å². The minimum absolute atomic E-state index is 0.901. The number of hydrogen-bond donors (Lipinski definition) is 0. The molecule has 0 radical (unpaired) electrons. The van der Waals surface area contributed by atoms with E-state index in [2.05, 4.69) is 234 Å². The number of aromatic nitrogens is 1. The van der Waals surface area contributed by atoms with Crippen molar-refractivity contribution in [3.8, 4) is 51.4 Å². The first-order chi connectivity index (χ1) is 29.2. The molecule has 9 aromatic carbocycles. The molecule has 59 heavy (non-hydrogen) atoms. The van der Waals surface area contributed by atoms with Gasteiger partial charge in [-0.1, -0.05) is 164 Å². The Kier molecular flexibility index (Phi) is 9.18. The minimum atomic E-state index is 0.901. The van der Waals surface area contributed by atoms with E-state index in [1.165, 1.54) is 43.8 Å². The maximum absolute atomic E-state index is 6.14. The van der Waals surface area contributed by atoms with Gasteiger partial charge < -0.3 is 9.47 Å². The van der Waals surface area contributed by atoms with E-state index >= 15 is 0 Å². The maximum atomic E-state index is 6.14. The molecule has 0 fully saturated rings. The van der Waals surface area contributed by atoms with E-state index in [0.717, 1.165) is 56.0 Å². The van der Waals surface area contributed by atoms with Crippen molar-refractivity contribution >= 4 is 55.6 Å². The third-order valence-corrected chi connectivity index (χ3v) is 11.4. The van der Waals surface area contributed by atoms with Gasteiger partial charge >= 0.3 is 0 Å². The van der Waals surface area contributed by atoms with Crippen LogP contribution in [0.5, 0.6) is 0 Å². The zero-order valence-corrected chi connectivity index (χ0v) is 32.8. The fourth-order valence-electron chi connectivity index (χ4n) is 8.58. The third kappa shape index (κ3) is 6.46. The normalized spacial score (nSPS) is 11.4. The molecule has 0 unspecified atom stereocenters. The molecule has 10 rings (SSSR count). The molecule has 0 atom stereocenters. The lowest BCUT2D eigenvalue weighted by atomic mass is 9.98. The third-order valence-electron chi connectivity index (χ3n) is 11.4. The molecular weight excluding hydrogens is 713 g/mol. The zero-order chi connectivity index (χ0) is 39.7. The molecule has 0 aliphatic carbocycles. The summed E-state index contributed by atoms with van der Waals surface area (Å²) in [4.78, 5) is 2.34. The average molecular weight is 753 g/mol. The highest BCUT2D eigenvalue weighted by Gasteiger charge is 2.19. The second-order valence-electron chi connectivity index (χ2n) is 14.8. The first-order valence-corrected chi connectivity index (χ1v) is 20.1. The molecule has 0 bridgehead atoms. The van der Waals surface area contributed by atoms with Gasteiger partial charge in [-0.3, -0.25) is 0 Å². The number of benzene rings is 9. The maximum Gasteiger partial charge on any atom is 0.0622 e. The highest BCUT2D eigenvalue weighted by atomic mass is 15.1. The molecule has 278 valence electrons. The van der Waals surface area contributed by atoms with Gasteiger partial charge in [-0.25, -0.2) is 0 Å². The van der Waals surface area contributed by atoms with Crippen LogP contribution in [-0.2, 0) is 0 Å². The van der Waals surface area contributed by atoms with Crippen LogP contribution in [0.1, 0.15) is 18.2 Å². The van der Waals surface area contributed by atoms with Crippen LogP contribution in [-0.4, -0.2) is 4.57 Å². The van der Waals surface area contributed by atoms with Gasteiger partial charge in [0.1, 0.15) is 0 Å². The smallest absolute Gasteiger partial charge is 0.0622 e. The summed E-state index contributed by atoms with van der Waals surface area (Å²) in [6, 6.07) is 74.1. The van der Waals surface area contributed by atoms with Crippen molar-refractivity contribution in [2.45, 2.75) is 6.92 Å². The minimum Gasteiger partial charge on any atom is -0.311 e. The first-order valence-electron chi connectivity index (χ1n) is 20.1. The lowest BCUT2D eigenvalue weighted by Crippen LogP contribution is -2.10. The van der Waals surface area contributed by atoms with Crippen LogP contribution in [0.4, 0.5) is 17.1 Å². The molecule has 0 N–H and O–H groups in total. The number of rotatable bonds is 8. The Labute approximate surface area is 345 Å². The fraction of sp³-hybridized carbons (Fsp3) is 0.0175. The average Bonchev–Trinajstić information content (AvgIpc) is 3.62. The van der Waals surface area contributed by atoms with Crippen molar-refractivity contribution in [3.05, 3.63) is 224 Å². The number of fused-ring (bicyclic) bond motifs is 3. The molecule has 0 aliphatic heterocycles. The van der Waals surface area contributed by atoms with E-state index in [1.54, 1.807) is 0 Å². The van der Waals surface area contributed by atoms with Crippen molar-refractivity contribution in [1.29, 1.82) is 0 Å². The van der Waals surface area contributed by atoms with E-state index in [4.69, 9.17) is 6.42 Å². The molecule has 2 heteroatoms. The lowest BCUT2D eigenvalue weighted by Gasteiger charge is -2.26. The van der Waals surface area contributed by atoms with Gasteiger partial charge in [-0.05, 0) is 117 Å². The summed E-state index contributed by atoms with van der Waals surface area (Å²) in [5, 5.41) is 6.05. The second kappa shape index (κ2) is 15.2. The molecule has 0 spiro atoms. The van der Waals surface area contributed by atoms with E-state index < -0.39 is 0 Å². The van der Waals surface area contributed by atoms with Crippen LogP contribution >= 0.6 is 0 Å². The summed E-state index contributed by atoms with van der Waals surface area (Å²) in [7, 11) is 0. The summed E-state index contributed by atoms with van der Waals surface area (Å²) in [5.41, 5.74) is 14.3. The second-order valence-corrected chi connectivity index (χ2v) is 14.8. The van der Waals surface area contributed by atoms with Crippen LogP contribution < -0.4 is 4.90 Å². The summed E-state index contributed by atoms with van der Waals surface area (Å²) < 4.78 is 2.30. The summed E-state index contributed by atoms with van der Waals surface area (Å²) in [5.74, 6) is 2.99. The predicted octanol–water partition coefficient (Wildman–Crippen LogP) is 15.4. The van der Waals surface area contributed by atoms with E-state index in [0.29, 0.717) is 0 Å². The van der Waals surface area contributed by atoms with Gasteiger partial charge in [0.15, 0.2) is 0 Å². The largest absolute Gasteiger partial charge is 0.311 e. The quantitative estimate of drug-likeness (QED) is 0.140. The topological polar surface area (TPSA) is 8.17 Å². The van der Waals surface area contributed by atoms with Crippen molar-refractivity contribution < 1.29 is 0 Å². The van der Waals surface area contributed by atoms with Gasteiger partial charge in [0, 0.05) is 28.0 Å². The lowest BCUT2D eigenvalue weighted by molar-refractivity contribution is 1.11. The predicted molar refractivity (Wildman–Crippen MR) is 252 cm³/mol. The number of para-hydroxylation sites is 2. The molecular formula is C57H40N2. The van der Waals surface area contributed by atoms with Gasteiger partial charge in [0.05, 0.1) is 22.5 Å². The molecule has 1 aromatic heterocycles. The molecule has 0 amide bonds. The fourth-order valence-corrected chi connectivity index (χ4v) is 8.58. The number of nitrogens with zero attached hydrogens (tertiary/aromatic N) is 2. The number of terminal acetylenes is 1. The van der Waals surface area contributed by atoms with Crippen LogP contribution in [0.2, 0.25) is 0 Å². The Morgan fingerprint density at radius 3 is 1.68 bits per heavy atom. The monoisotopic (exact) mass is 752 g/mol. The van der Waals surface area contributed by atoms with Gasteiger partial charge in [-0.2, -0.15) is 0 Å². The molecule has 1 heterocycles. The Morgan fingerprint density at radius 1 is 0.458 bits per heavy atom. The Bertz CT molecular complexity index is 3210. The Morgan fingerprint density at radius 2 is 0.983 bits per heavy atom. The van der Waals surface area contributed by atoms with E-state index in [9.17, 15) is 0 Å². The zero-order valence-electron chi connectivity index (χ0n) is 32.8. The van der Waals surface area contributed by atoms with Crippen LogP contribution in [0, 0.1) is 12.3 Å². The van der Waals surface area contributed by atoms with E-state index in [-0.39, 0.29) is 0 Å². The van der Waals surface area contributed by atoms with Gasteiger partial charge in [0.2, 0.25) is 0 Å². The summed E-state index contributed by atoms with van der Waals surface area (Å²) in [6.07, 6.45) is 10.3. The molecule has 0 saturated heterocycles. The van der Waals surface area contributed by atoms with Gasteiger partial charge in [-0.15, -0.1) is 6.42 Å². The van der Waals surface area contributed by atoms with Crippen molar-refractivity contribution in [2.24, 2.45) is 0 Å². The molecule has 0 saturated carbocycles. The Balaban J connectivity index is 1.06. The molecule has 0 aliphatic rings. The van der Waals surface area contributed by atoms with Crippen LogP contribution in [0.25, 0.3) is 77.6 Å². The standard InChI is InChI=1S/C57H40N2/c1-3-14-55-50(4-2)54-21-10-12-24-57(54)59(55)56-23-11-9-20-53(56)44-31-37-49(38-32-44)58(47-33-27-41(28-34-47)46-26-25-40-15-5-6-17-45(40)39-46)48-35-29-43(30-36-48)52-22-13-18-42-16-7-8-19-51(42)52/h2-3,5-39H,1H3/b14-3-. The van der Waals surface area contributed by atoms with Crippen molar-refractivity contribution in [1.82, 2.24) is 4.57 Å². The van der Waals surface area contributed by atoms with Crippen molar-refractivity contribution in [3.63, 3.8) is 0 Å². The highest BCUT2D eigenvalue weighted by Crippen LogP contribution is 2.40. The van der Waals surface area contributed by atoms with Gasteiger partial charge in [0.25, 0.3) is 0 Å². The summed E-state index contributed by atoms with van der Waals surface area (Å²) >= 11 is 0. The Hall–Kier alpha value is -7.86. The number of anilines is 3. The number of allylic oxidation sites excluding steroid dienone is 1. The highest BCUT2D eigenvalue weighted by molar-refractivity contribution is 5.97. The summed E-state index contributed by atoms with van der Waals surface area (Å²) in [6.45, 7) is 2.03. The SMILES string of the molecule is C#Cc1c(/C=C\C)n(-c2ccccc2-c2ccc(N(c3ccc(-c4ccc5ccccc5c4)cc3)c3ccc(-c4cccc5ccccc45)cc3)cc2)c2ccccc12. The number of hydrogen-bond acceptors (Lipinski definition) is 1. The molecule has 10 aromatic rings.